The van der Waals surface area contributed by atoms with Crippen molar-refractivity contribution in [3.8, 4) is 0 Å². The molecule has 2 aromatic carbocycles. The normalized spacial score (nSPS) is 11.7. The highest BCUT2D eigenvalue weighted by Gasteiger charge is 2.36. The molecule has 26 heavy (non-hydrogen) atoms. The molecule has 2 rings (SSSR count). The van der Waals surface area contributed by atoms with Gasteiger partial charge in [0.05, 0.1) is 17.7 Å². The SMILES string of the molecule is CCN(CC)N(Cc1ccccc1Cl)C(=O)c1ccccc1C(F)(F)F. The van der Waals surface area contributed by atoms with Crippen LogP contribution in [0.5, 0.6) is 0 Å². The van der Waals surface area contributed by atoms with E-state index < -0.39 is 17.6 Å². The third-order valence-corrected chi connectivity index (χ3v) is 4.42. The van der Waals surface area contributed by atoms with Crippen molar-refractivity contribution in [1.82, 2.24) is 10.0 Å². The Hall–Kier alpha value is -2.05. The van der Waals surface area contributed by atoms with E-state index in [0.717, 1.165) is 6.07 Å². The number of carbonyl (C=O) groups is 1. The van der Waals surface area contributed by atoms with E-state index in [2.05, 4.69) is 0 Å². The summed E-state index contributed by atoms with van der Waals surface area (Å²) < 4.78 is 40.0. The molecule has 2 aromatic rings. The number of nitrogens with zero attached hydrogens (tertiary/aromatic N) is 2. The first kappa shape index (κ1) is 20.3. The van der Waals surface area contributed by atoms with Crippen LogP contribution >= 0.6 is 11.6 Å². The minimum Gasteiger partial charge on any atom is -0.268 e. The Bertz CT molecular complexity index is 760. The molecule has 0 N–H and O–H groups in total. The number of alkyl halides is 3. The van der Waals surface area contributed by atoms with Crippen molar-refractivity contribution in [2.45, 2.75) is 26.6 Å². The second kappa shape index (κ2) is 8.56. The number of benzene rings is 2. The molecule has 0 fully saturated rings. The van der Waals surface area contributed by atoms with E-state index in [1.807, 2.05) is 13.8 Å². The zero-order valence-corrected chi connectivity index (χ0v) is 15.3. The maximum absolute atomic E-state index is 13.3. The second-order valence-corrected chi connectivity index (χ2v) is 6.04. The standard InChI is InChI=1S/C19H20ClF3N2O/c1-3-24(4-2)25(13-14-9-5-8-12-17(14)20)18(26)15-10-6-7-11-16(15)19(21,22)23/h5-12H,3-4,13H2,1-2H3. The van der Waals surface area contributed by atoms with Gasteiger partial charge in [0.1, 0.15) is 0 Å². The monoisotopic (exact) mass is 384 g/mol. The Morgan fingerprint density at radius 2 is 1.58 bits per heavy atom. The van der Waals surface area contributed by atoms with Crippen molar-refractivity contribution >= 4 is 17.5 Å². The average molecular weight is 385 g/mol. The molecular formula is C19H20ClF3N2O. The summed E-state index contributed by atoms with van der Waals surface area (Å²) in [7, 11) is 0. The fourth-order valence-corrected chi connectivity index (χ4v) is 2.90. The Kier molecular flexibility index (Phi) is 6.67. The fourth-order valence-electron chi connectivity index (χ4n) is 2.71. The van der Waals surface area contributed by atoms with Gasteiger partial charge < -0.3 is 0 Å². The highest BCUT2D eigenvalue weighted by Crippen LogP contribution is 2.33. The van der Waals surface area contributed by atoms with Crippen molar-refractivity contribution in [1.29, 1.82) is 0 Å². The number of amides is 1. The molecule has 0 saturated heterocycles. The summed E-state index contributed by atoms with van der Waals surface area (Å²) in [5.74, 6) is -0.707. The van der Waals surface area contributed by atoms with E-state index in [0.29, 0.717) is 23.7 Å². The van der Waals surface area contributed by atoms with Crippen molar-refractivity contribution in [3.63, 3.8) is 0 Å². The lowest BCUT2D eigenvalue weighted by atomic mass is 10.1. The smallest absolute Gasteiger partial charge is 0.268 e. The minimum atomic E-state index is -4.61. The highest BCUT2D eigenvalue weighted by atomic mass is 35.5. The summed E-state index contributed by atoms with van der Waals surface area (Å²) in [5.41, 5.74) is -0.654. The first-order valence-electron chi connectivity index (χ1n) is 8.25. The largest absolute Gasteiger partial charge is 0.417 e. The van der Waals surface area contributed by atoms with Crippen molar-refractivity contribution in [2.75, 3.05) is 13.1 Å². The van der Waals surface area contributed by atoms with Crippen LogP contribution in [-0.2, 0) is 12.7 Å². The van der Waals surface area contributed by atoms with Gasteiger partial charge in [-0.05, 0) is 23.8 Å². The van der Waals surface area contributed by atoms with Gasteiger partial charge in [0.25, 0.3) is 5.91 Å². The molecule has 0 aliphatic heterocycles. The summed E-state index contributed by atoms with van der Waals surface area (Å²) in [6.45, 7) is 4.71. The number of rotatable bonds is 6. The zero-order chi connectivity index (χ0) is 19.3. The summed E-state index contributed by atoms with van der Waals surface area (Å²) in [5, 5.41) is 3.48. The molecule has 1 amide bonds. The summed E-state index contributed by atoms with van der Waals surface area (Å²) in [6.07, 6.45) is -4.61. The Morgan fingerprint density at radius 3 is 2.15 bits per heavy atom. The number of hydrazine groups is 1. The second-order valence-electron chi connectivity index (χ2n) is 5.64. The molecule has 0 aromatic heterocycles. The first-order valence-corrected chi connectivity index (χ1v) is 8.63. The molecular weight excluding hydrogens is 365 g/mol. The maximum Gasteiger partial charge on any atom is 0.417 e. The van der Waals surface area contributed by atoms with Crippen LogP contribution in [0.2, 0.25) is 5.02 Å². The van der Waals surface area contributed by atoms with Gasteiger partial charge in [-0.3, -0.25) is 9.80 Å². The number of hydrogen-bond donors (Lipinski definition) is 0. The highest BCUT2D eigenvalue weighted by molar-refractivity contribution is 6.31. The molecule has 0 spiro atoms. The lowest BCUT2D eigenvalue weighted by Crippen LogP contribution is -2.46. The predicted octanol–water partition coefficient (Wildman–Crippen LogP) is 5.26. The van der Waals surface area contributed by atoms with E-state index >= 15 is 0 Å². The van der Waals surface area contributed by atoms with Crippen LogP contribution in [-0.4, -0.2) is 29.0 Å². The van der Waals surface area contributed by atoms with Crippen molar-refractivity contribution in [3.05, 3.63) is 70.2 Å². The molecule has 0 bridgehead atoms. The first-order chi connectivity index (χ1) is 12.3. The van der Waals surface area contributed by atoms with Crippen molar-refractivity contribution < 1.29 is 18.0 Å². The van der Waals surface area contributed by atoms with Crippen LogP contribution in [0.4, 0.5) is 13.2 Å². The number of halogens is 4. The van der Waals surface area contributed by atoms with Gasteiger partial charge in [-0.25, -0.2) is 5.01 Å². The van der Waals surface area contributed by atoms with Gasteiger partial charge in [-0.1, -0.05) is 55.8 Å². The Balaban J connectivity index is 2.46. The Labute approximate surface area is 155 Å². The van der Waals surface area contributed by atoms with E-state index in [-0.39, 0.29) is 12.1 Å². The molecule has 0 saturated carbocycles. The molecule has 0 heterocycles. The predicted molar refractivity (Wildman–Crippen MR) is 95.7 cm³/mol. The van der Waals surface area contributed by atoms with Crippen LogP contribution < -0.4 is 0 Å². The Morgan fingerprint density at radius 1 is 1.00 bits per heavy atom. The fraction of sp³-hybridized carbons (Fsp3) is 0.316. The molecule has 3 nitrogen and oxygen atoms in total. The number of carbonyl (C=O) groups excluding carboxylic acids is 1. The third-order valence-electron chi connectivity index (χ3n) is 4.05. The van der Waals surface area contributed by atoms with Gasteiger partial charge in [0.15, 0.2) is 0 Å². The van der Waals surface area contributed by atoms with Gasteiger partial charge >= 0.3 is 6.18 Å². The van der Waals surface area contributed by atoms with Gasteiger partial charge in [0.2, 0.25) is 0 Å². The molecule has 0 unspecified atom stereocenters. The van der Waals surface area contributed by atoms with Crippen LogP contribution in [0.15, 0.2) is 48.5 Å². The van der Waals surface area contributed by atoms with E-state index in [4.69, 9.17) is 11.6 Å². The van der Waals surface area contributed by atoms with Crippen LogP contribution in [0.25, 0.3) is 0 Å². The summed E-state index contributed by atoms with van der Waals surface area (Å²) in [4.78, 5) is 13.0. The maximum atomic E-state index is 13.3. The average Bonchev–Trinajstić information content (AvgIpc) is 2.62. The van der Waals surface area contributed by atoms with Crippen LogP contribution in [0, 0.1) is 0 Å². The summed E-state index contributed by atoms with van der Waals surface area (Å²) >= 11 is 6.18. The van der Waals surface area contributed by atoms with E-state index in [1.165, 1.54) is 23.2 Å². The molecule has 140 valence electrons. The molecule has 7 heteroatoms. The van der Waals surface area contributed by atoms with Gasteiger partial charge in [-0.2, -0.15) is 13.2 Å². The zero-order valence-electron chi connectivity index (χ0n) is 14.6. The van der Waals surface area contributed by atoms with Gasteiger partial charge in [0, 0.05) is 18.1 Å². The lowest BCUT2D eigenvalue weighted by molar-refractivity contribution is -0.138. The quantitative estimate of drug-likeness (QED) is 0.634. The summed E-state index contributed by atoms with van der Waals surface area (Å²) in [6, 6.07) is 11.8. The number of hydrogen-bond acceptors (Lipinski definition) is 2. The molecule has 0 aliphatic rings. The van der Waals surface area contributed by atoms with Gasteiger partial charge in [-0.15, -0.1) is 0 Å². The van der Waals surface area contributed by atoms with E-state index in [1.54, 1.807) is 29.3 Å². The lowest BCUT2D eigenvalue weighted by Gasteiger charge is -2.34. The van der Waals surface area contributed by atoms with Crippen LogP contribution in [0.1, 0.15) is 35.3 Å². The molecule has 0 atom stereocenters. The third kappa shape index (κ3) is 4.56. The molecule has 0 radical (unpaired) electrons. The topological polar surface area (TPSA) is 23.6 Å². The molecule has 0 aliphatic carbocycles. The minimum absolute atomic E-state index is 0.0897. The van der Waals surface area contributed by atoms with Crippen LogP contribution in [0.3, 0.4) is 0 Å². The van der Waals surface area contributed by atoms with Crippen molar-refractivity contribution in [2.24, 2.45) is 0 Å². The van der Waals surface area contributed by atoms with E-state index in [9.17, 15) is 18.0 Å².